The Morgan fingerprint density at radius 1 is 1.21 bits per heavy atom. The number of aromatic nitrogens is 3. The quantitative estimate of drug-likeness (QED) is 0.582. The van der Waals surface area contributed by atoms with Crippen molar-refractivity contribution in [2.45, 2.75) is 38.5 Å². The molecular formula is C22H22N4O2S. The maximum Gasteiger partial charge on any atom is 0.277 e. The molecule has 1 aliphatic rings. The largest absolute Gasteiger partial charge is 0.411 e. The van der Waals surface area contributed by atoms with Crippen molar-refractivity contribution in [3.8, 4) is 11.5 Å². The molecule has 7 heteroatoms. The van der Waals surface area contributed by atoms with Gasteiger partial charge in [0.15, 0.2) is 0 Å². The number of thioether (sulfide) groups is 1. The highest BCUT2D eigenvalue weighted by Crippen LogP contribution is 2.40. The average molecular weight is 407 g/mol. The molecule has 29 heavy (non-hydrogen) atoms. The van der Waals surface area contributed by atoms with Gasteiger partial charge in [-0.15, -0.1) is 10.2 Å². The van der Waals surface area contributed by atoms with Crippen molar-refractivity contribution in [3.05, 3.63) is 59.9 Å². The molecular weight excluding hydrogens is 384 g/mol. The highest BCUT2D eigenvalue weighted by atomic mass is 32.2. The summed E-state index contributed by atoms with van der Waals surface area (Å²) in [5.41, 5.74) is 4.67. The Labute approximate surface area is 174 Å². The van der Waals surface area contributed by atoms with Crippen LogP contribution < -0.4 is 4.90 Å². The second-order valence-corrected chi connectivity index (χ2v) is 8.56. The molecule has 1 amide bonds. The predicted octanol–water partition coefficient (Wildman–Crippen LogP) is 4.76. The molecule has 4 rings (SSSR count). The fourth-order valence-electron chi connectivity index (χ4n) is 3.66. The lowest BCUT2D eigenvalue weighted by molar-refractivity contribution is -0.116. The molecule has 1 aromatic carbocycles. The number of fused-ring (bicyclic) bond motifs is 1. The number of nitrogens with zero attached hydrogens (tertiary/aromatic N) is 4. The van der Waals surface area contributed by atoms with E-state index in [2.05, 4.69) is 60.2 Å². The van der Waals surface area contributed by atoms with Gasteiger partial charge in [-0.05, 0) is 57.0 Å². The molecule has 3 heterocycles. The van der Waals surface area contributed by atoms with Gasteiger partial charge in [-0.2, -0.15) is 0 Å². The Morgan fingerprint density at radius 3 is 2.79 bits per heavy atom. The van der Waals surface area contributed by atoms with Crippen LogP contribution >= 0.6 is 11.8 Å². The topological polar surface area (TPSA) is 72.1 Å². The summed E-state index contributed by atoms with van der Waals surface area (Å²) in [7, 11) is 0. The average Bonchev–Trinajstić information content (AvgIpc) is 3.15. The van der Waals surface area contributed by atoms with E-state index in [1.807, 2.05) is 24.0 Å². The van der Waals surface area contributed by atoms with Crippen LogP contribution in [0.1, 0.15) is 31.9 Å². The fourth-order valence-corrected chi connectivity index (χ4v) is 4.27. The predicted molar refractivity (Wildman–Crippen MR) is 115 cm³/mol. The van der Waals surface area contributed by atoms with E-state index in [1.54, 1.807) is 12.4 Å². The van der Waals surface area contributed by atoms with E-state index in [0.717, 1.165) is 22.4 Å². The number of hydrogen-bond donors (Lipinski definition) is 0. The van der Waals surface area contributed by atoms with Crippen LogP contribution in [0.2, 0.25) is 0 Å². The summed E-state index contributed by atoms with van der Waals surface area (Å²) >= 11 is 1.25. The Morgan fingerprint density at radius 2 is 2.03 bits per heavy atom. The van der Waals surface area contributed by atoms with Crippen LogP contribution in [-0.2, 0) is 4.79 Å². The van der Waals surface area contributed by atoms with Crippen molar-refractivity contribution in [2.24, 2.45) is 0 Å². The van der Waals surface area contributed by atoms with Gasteiger partial charge in [-0.3, -0.25) is 9.78 Å². The molecule has 0 bridgehead atoms. The van der Waals surface area contributed by atoms with Gasteiger partial charge in [0.05, 0.1) is 22.5 Å². The van der Waals surface area contributed by atoms with E-state index < -0.39 is 5.54 Å². The molecule has 0 aliphatic carbocycles. The van der Waals surface area contributed by atoms with Crippen LogP contribution in [0.25, 0.3) is 17.0 Å². The van der Waals surface area contributed by atoms with Gasteiger partial charge in [-0.1, -0.05) is 30.0 Å². The molecule has 0 saturated heterocycles. The molecule has 3 aromatic rings. The summed E-state index contributed by atoms with van der Waals surface area (Å²) in [6, 6.07) is 9.89. The number of amides is 1. The zero-order valence-corrected chi connectivity index (χ0v) is 17.7. The third-order valence-corrected chi connectivity index (χ3v) is 5.65. The fraction of sp³-hybridized carbons (Fsp3) is 0.273. The first-order valence-electron chi connectivity index (χ1n) is 9.35. The third-order valence-electron chi connectivity index (χ3n) is 4.85. The molecule has 6 nitrogen and oxygen atoms in total. The Hall–Kier alpha value is -2.93. The van der Waals surface area contributed by atoms with Gasteiger partial charge < -0.3 is 9.32 Å². The summed E-state index contributed by atoms with van der Waals surface area (Å²) in [5.74, 6) is 0.598. The maximum atomic E-state index is 13.2. The first-order valence-corrected chi connectivity index (χ1v) is 10.3. The number of carbonyl (C=O) groups excluding carboxylic acids is 1. The highest BCUT2D eigenvalue weighted by Gasteiger charge is 2.35. The summed E-state index contributed by atoms with van der Waals surface area (Å²) < 4.78 is 5.68. The highest BCUT2D eigenvalue weighted by molar-refractivity contribution is 7.99. The van der Waals surface area contributed by atoms with Crippen molar-refractivity contribution >= 4 is 28.9 Å². The minimum absolute atomic E-state index is 0.00303. The standard InChI is InChI=1S/C22H22N4O2S/c1-14-7-8-17-15(2)11-22(3,4)26(18(17)10-14)19(27)13-29-21-25-24-20(28-21)16-6-5-9-23-12-16/h5-12H,13H2,1-4H3. The Kier molecular flexibility index (Phi) is 5.00. The lowest BCUT2D eigenvalue weighted by atomic mass is 9.88. The number of rotatable bonds is 4. The van der Waals surface area contributed by atoms with Crippen molar-refractivity contribution < 1.29 is 9.21 Å². The van der Waals surface area contributed by atoms with Gasteiger partial charge in [0.25, 0.3) is 5.22 Å². The van der Waals surface area contributed by atoms with Gasteiger partial charge in [0, 0.05) is 18.0 Å². The van der Waals surface area contributed by atoms with Gasteiger partial charge in [0.2, 0.25) is 11.8 Å². The zero-order valence-electron chi connectivity index (χ0n) is 16.8. The molecule has 0 radical (unpaired) electrons. The lowest BCUT2D eigenvalue weighted by Crippen LogP contribution is -2.49. The van der Waals surface area contributed by atoms with Gasteiger partial charge in [0.1, 0.15) is 0 Å². The minimum Gasteiger partial charge on any atom is -0.411 e. The number of allylic oxidation sites excluding steroid dienone is 1. The molecule has 0 N–H and O–H groups in total. The molecule has 0 unspecified atom stereocenters. The lowest BCUT2D eigenvalue weighted by Gasteiger charge is -2.41. The third kappa shape index (κ3) is 3.82. The van der Waals surface area contributed by atoms with E-state index in [1.165, 1.54) is 17.3 Å². The Bertz CT molecular complexity index is 1090. The zero-order chi connectivity index (χ0) is 20.6. The smallest absolute Gasteiger partial charge is 0.277 e. The number of anilines is 1. The molecule has 0 fully saturated rings. The van der Waals surface area contributed by atoms with Gasteiger partial charge in [-0.25, -0.2) is 0 Å². The van der Waals surface area contributed by atoms with Crippen LogP contribution in [0.3, 0.4) is 0 Å². The first kappa shape index (κ1) is 19.4. The minimum atomic E-state index is -0.418. The van der Waals surface area contributed by atoms with Crippen LogP contribution in [0.15, 0.2) is 58.4 Å². The maximum absolute atomic E-state index is 13.2. The molecule has 1 aliphatic heterocycles. The summed E-state index contributed by atoms with van der Waals surface area (Å²) in [4.78, 5) is 19.1. The molecule has 0 saturated carbocycles. The van der Waals surface area contributed by atoms with Crippen LogP contribution in [0.5, 0.6) is 0 Å². The molecule has 2 aromatic heterocycles. The summed E-state index contributed by atoms with van der Waals surface area (Å²) in [5, 5.41) is 8.47. The second-order valence-electron chi connectivity index (χ2n) is 7.63. The van der Waals surface area contributed by atoms with E-state index >= 15 is 0 Å². The SMILES string of the molecule is CC1=CC(C)(C)N(C(=O)CSc2nnc(-c3cccnc3)o2)c2cc(C)ccc21. The van der Waals surface area contributed by atoms with Crippen molar-refractivity contribution in [3.63, 3.8) is 0 Å². The number of benzene rings is 1. The van der Waals surface area contributed by atoms with Gasteiger partial charge >= 0.3 is 0 Å². The normalized spacial score (nSPS) is 15.0. The van der Waals surface area contributed by atoms with Crippen LogP contribution in [-0.4, -0.2) is 32.4 Å². The van der Waals surface area contributed by atoms with Crippen molar-refractivity contribution in [2.75, 3.05) is 10.7 Å². The number of hydrogen-bond acceptors (Lipinski definition) is 6. The first-order chi connectivity index (χ1) is 13.8. The molecule has 0 atom stereocenters. The number of pyridine rings is 1. The van der Waals surface area contributed by atoms with E-state index in [-0.39, 0.29) is 11.7 Å². The Balaban J connectivity index is 1.54. The van der Waals surface area contributed by atoms with E-state index in [0.29, 0.717) is 11.1 Å². The summed E-state index contributed by atoms with van der Waals surface area (Å²) in [6.45, 7) is 8.23. The molecule has 0 spiro atoms. The monoisotopic (exact) mass is 406 g/mol. The summed E-state index contributed by atoms with van der Waals surface area (Å²) in [6.07, 6.45) is 5.49. The van der Waals surface area contributed by atoms with E-state index in [4.69, 9.17) is 4.42 Å². The number of aryl methyl sites for hydroxylation is 1. The second kappa shape index (κ2) is 7.48. The van der Waals surface area contributed by atoms with Crippen molar-refractivity contribution in [1.29, 1.82) is 0 Å². The van der Waals surface area contributed by atoms with Crippen LogP contribution in [0.4, 0.5) is 5.69 Å². The molecule has 148 valence electrons. The van der Waals surface area contributed by atoms with Crippen molar-refractivity contribution in [1.82, 2.24) is 15.2 Å². The number of carbonyl (C=O) groups is 1. The van der Waals surface area contributed by atoms with E-state index in [9.17, 15) is 4.79 Å². The van der Waals surface area contributed by atoms with Crippen LogP contribution in [0, 0.1) is 6.92 Å².